The fraction of sp³-hybridized carbons (Fsp3) is 0.667. The molecule has 0 radical (unpaired) electrons. The lowest BCUT2D eigenvalue weighted by Crippen LogP contribution is -2.35. The Morgan fingerprint density at radius 1 is 1.24 bits per heavy atom. The van der Waals surface area contributed by atoms with Gasteiger partial charge in [0.25, 0.3) is 0 Å². The molecule has 0 saturated carbocycles. The molecule has 2 unspecified atom stereocenters. The Morgan fingerprint density at radius 2 is 1.95 bits per heavy atom. The SMILES string of the molecule is CCN1CCCCC(CN)C1c1ccc(OC(C)C)cc1. The van der Waals surface area contributed by atoms with Crippen molar-refractivity contribution >= 4 is 0 Å². The summed E-state index contributed by atoms with van der Waals surface area (Å²) in [7, 11) is 0. The molecule has 1 heterocycles. The Bertz CT molecular complexity index is 402. The lowest BCUT2D eigenvalue weighted by Gasteiger charge is -2.34. The Balaban J connectivity index is 2.21. The molecule has 2 rings (SSSR count). The predicted octanol–water partition coefficient (Wildman–Crippen LogP) is 3.60. The van der Waals surface area contributed by atoms with E-state index in [1.807, 2.05) is 0 Å². The monoisotopic (exact) mass is 290 g/mol. The van der Waals surface area contributed by atoms with Gasteiger partial charge in [-0.3, -0.25) is 4.90 Å². The summed E-state index contributed by atoms with van der Waals surface area (Å²) in [6.07, 6.45) is 4.04. The van der Waals surface area contributed by atoms with Crippen LogP contribution in [0, 0.1) is 5.92 Å². The fourth-order valence-electron chi connectivity index (χ4n) is 3.42. The summed E-state index contributed by atoms with van der Waals surface area (Å²) >= 11 is 0. The molecule has 21 heavy (non-hydrogen) atoms. The van der Waals surface area contributed by atoms with Gasteiger partial charge in [0.2, 0.25) is 0 Å². The van der Waals surface area contributed by atoms with Crippen LogP contribution in [0.15, 0.2) is 24.3 Å². The zero-order chi connectivity index (χ0) is 15.2. The average Bonchev–Trinajstić information content (AvgIpc) is 2.69. The van der Waals surface area contributed by atoms with E-state index in [-0.39, 0.29) is 6.10 Å². The van der Waals surface area contributed by atoms with Crippen molar-refractivity contribution in [3.05, 3.63) is 29.8 Å². The lowest BCUT2D eigenvalue weighted by molar-refractivity contribution is 0.166. The van der Waals surface area contributed by atoms with Gasteiger partial charge in [0.05, 0.1) is 6.10 Å². The Hall–Kier alpha value is -1.06. The van der Waals surface area contributed by atoms with Gasteiger partial charge in [-0.25, -0.2) is 0 Å². The number of likely N-dealkylation sites (tertiary alicyclic amines) is 1. The van der Waals surface area contributed by atoms with Gasteiger partial charge in [0.15, 0.2) is 0 Å². The molecule has 1 aliphatic rings. The maximum absolute atomic E-state index is 6.06. The highest BCUT2D eigenvalue weighted by molar-refractivity contribution is 5.30. The van der Waals surface area contributed by atoms with Crippen molar-refractivity contribution in [1.29, 1.82) is 0 Å². The summed E-state index contributed by atoms with van der Waals surface area (Å²) in [6.45, 7) is 9.41. The van der Waals surface area contributed by atoms with Crippen LogP contribution in [0.4, 0.5) is 0 Å². The number of nitrogens with two attached hydrogens (primary N) is 1. The van der Waals surface area contributed by atoms with E-state index in [1.165, 1.54) is 31.4 Å². The molecule has 3 heteroatoms. The highest BCUT2D eigenvalue weighted by Gasteiger charge is 2.29. The maximum Gasteiger partial charge on any atom is 0.119 e. The van der Waals surface area contributed by atoms with E-state index >= 15 is 0 Å². The molecule has 0 aliphatic carbocycles. The molecule has 2 N–H and O–H groups in total. The molecule has 2 atom stereocenters. The first-order chi connectivity index (χ1) is 10.2. The largest absolute Gasteiger partial charge is 0.491 e. The number of ether oxygens (including phenoxy) is 1. The van der Waals surface area contributed by atoms with Crippen LogP contribution in [0.25, 0.3) is 0 Å². The van der Waals surface area contributed by atoms with Gasteiger partial charge in [0, 0.05) is 6.04 Å². The van der Waals surface area contributed by atoms with Crippen molar-refractivity contribution in [1.82, 2.24) is 4.90 Å². The Morgan fingerprint density at radius 3 is 2.52 bits per heavy atom. The fourth-order valence-corrected chi connectivity index (χ4v) is 3.42. The van der Waals surface area contributed by atoms with Gasteiger partial charge in [-0.15, -0.1) is 0 Å². The van der Waals surface area contributed by atoms with Gasteiger partial charge >= 0.3 is 0 Å². The van der Waals surface area contributed by atoms with E-state index in [2.05, 4.69) is 49.9 Å². The quantitative estimate of drug-likeness (QED) is 0.900. The third-order valence-corrected chi connectivity index (χ3v) is 4.41. The van der Waals surface area contributed by atoms with Crippen LogP contribution in [0.5, 0.6) is 5.75 Å². The predicted molar refractivity (Wildman–Crippen MR) is 88.6 cm³/mol. The summed E-state index contributed by atoms with van der Waals surface area (Å²) in [6, 6.07) is 9.09. The maximum atomic E-state index is 6.06. The minimum atomic E-state index is 0.220. The third kappa shape index (κ3) is 4.21. The molecule has 3 nitrogen and oxygen atoms in total. The lowest BCUT2D eigenvalue weighted by atomic mass is 9.89. The molecular weight excluding hydrogens is 260 g/mol. The topological polar surface area (TPSA) is 38.5 Å². The van der Waals surface area contributed by atoms with Crippen molar-refractivity contribution < 1.29 is 4.74 Å². The Kier molecular flexibility index (Phi) is 6.07. The van der Waals surface area contributed by atoms with Crippen LogP contribution in [-0.4, -0.2) is 30.6 Å². The van der Waals surface area contributed by atoms with E-state index < -0.39 is 0 Å². The summed E-state index contributed by atoms with van der Waals surface area (Å²) in [5, 5.41) is 0. The highest BCUT2D eigenvalue weighted by atomic mass is 16.5. The minimum absolute atomic E-state index is 0.220. The number of hydrogen-bond acceptors (Lipinski definition) is 3. The normalized spacial score (nSPS) is 24.0. The smallest absolute Gasteiger partial charge is 0.119 e. The zero-order valence-electron chi connectivity index (χ0n) is 13.7. The summed E-state index contributed by atoms with van der Waals surface area (Å²) < 4.78 is 5.75. The van der Waals surface area contributed by atoms with Crippen molar-refractivity contribution in [2.24, 2.45) is 11.7 Å². The standard InChI is InChI=1S/C18H30N2O/c1-4-20-12-6-5-7-16(13-19)18(20)15-8-10-17(11-9-15)21-14(2)3/h8-11,14,16,18H,4-7,12-13,19H2,1-3H3. The van der Waals surface area contributed by atoms with E-state index in [9.17, 15) is 0 Å². The van der Waals surface area contributed by atoms with Gasteiger partial charge in [0.1, 0.15) is 5.75 Å². The highest BCUT2D eigenvalue weighted by Crippen LogP contribution is 2.35. The summed E-state index contributed by atoms with van der Waals surface area (Å²) in [5.41, 5.74) is 7.44. The van der Waals surface area contributed by atoms with Crippen LogP contribution in [0.3, 0.4) is 0 Å². The first-order valence-electron chi connectivity index (χ1n) is 8.36. The van der Waals surface area contributed by atoms with Crippen molar-refractivity contribution in [3.8, 4) is 5.75 Å². The Labute approximate surface area is 129 Å². The molecule has 0 aromatic heterocycles. The van der Waals surface area contributed by atoms with Crippen LogP contribution in [-0.2, 0) is 0 Å². The zero-order valence-corrected chi connectivity index (χ0v) is 13.7. The number of rotatable bonds is 5. The number of nitrogens with zero attached hydrogens (tertiary/aromatic N) is 1. The molecule has 118 valence electrons. The molecule has 1 aliphatic heterocycles. The van der Waals surface area contributed by atoms with Gasteiger partial charge in [-0.05, 0) is 69.9 Å². The third-order valence-electron chi connectivity index (χ3n) is 4.41. The second kappa shape index (κ2) is 7.81. The molecule has 1 aromatic rings. The van der Waals surface area contributed by atoms with Crippen molar-refractivity contribution in [2.45, 2.75) is 52.2 Å². The molecule has 1 saturated heterocycles. The van der Waals surface area contributed by atoms with Crippen molar-refractivity contribution in [3.63, 3.8) is 0 Å². The van der Waals surface area contributed by atoms with Gasteiger partial charge < -0.3 is 10.5 Å². The molecule has 1 aromatic carbocycles. The van der Waals surface area contributed by atoms with Crippen LogP contribution < -0.4 is 10.5 Å². The first-order valence-corrected chi connectivity index (χ1v) is 8.36. The molecule has 1 fully saturated rings. The molecule has 0 bridgehead atoms. The molecule has 0 spiro atoms. The summed E-state index contributed by atoms with van der Waals surface area (Å²) in [4.78, 5) is 2.59. The van der Waals surface area contributed by atoms with Crippen LogP contribution in [0.1, 0.15) is 51.6 Å². The number of benzene rings is 1. The van der Waals surface area contributed by atoms with Crippen LogP contribution >= 0.6 is 0 Å². The van der Waals surface area contributed by atoms with Gasteiger partial charge in [-0.2, -0.15) is 0 Å². The molecular formula is C18H30N2O. The van der Waals surface area contributed by atoms with Gasteiger partial charge in [-0.1, -0.05) is 25.5 Å². The number of hydrogen-bond donors (Lipinski definition) is 1. The van der Waals surface area contributed by atoms with Crippen LogP contribution in [0.2, 0.25) is 0 Å². The summed E-state index contributed by atoms with van der Waals surface area (Å²) in [5.74, 6) is 1.51. The second-order valence-corrected chi connectivity index (χ2v) is 6.30. The van der Waals surface area contributed by atoms with E-state index in [4.69, 9.17) is 10.5 Å². The van der Waals surface area contributed by atoms with E-state index in [0.29, 0.717) is 12.0 Å². The molecule has 0 amide bonds. The van der Waals surface area contributed by atoms with Crippen molar-refractivity contribution in [2.75, 3.05) is 19.6 Å². The minimum Gasteiger partial charge on any atom is -0.491 e. The van der Waals surface area contributed by atoms with E-state index in [0.717, 1.165) is 18.8 Å². The first kappa shape index (κ1) is 16.3. The van der Waals surface area contributed by atoms with E-state index in [1.54, 1.807) is 0 Å². The average molecular weight is 290 g/mol. The second-order valence-electron chi connectivity index (χ2n) is 6.30.